The van der Waals surface area contributed by atoms with E-state index in [9.17, 15) is 0 Å². The highest BCUT2D eigenvalue weighted by Gasteiger charge is 2.05. The van der Waals surface area contributed by atoms with Gasteiger partial charge in [0.25, 0.3) is 0 Å². The molecule has 0 aliphatic carbocycles. The minimum Gasteiger partial charge on any atom is -0.495 e. The molecule has 0 amide bonds. The zero-order valence-electron chi connectivity index (χ0n) is 9.65. The van der Waals surface area contributed by atoms with Gasteiger partial charge in [-0.2, -0.15) is 0 Å². The topological polar surface area (TPSA) is 40.2 Å². The lowest BCUT2D eigenvalue weighted by Gasteiger charge is -2.08. The first-order valence-corrected chi connectivity index (χ1v) is 5.68. The predicted molar refractivity (Wildman–Crippen MR) is 66.8 cm³/mol. The Labute approximate surface area is 95.8 Å². The first-order chi connectivity index (χ1) is 7.86. The number of rotatable bonds is 5. The number of ether oxygens (including phenoxy) is 1. The maximum absolute atomic E-state index is 5.50. The average Bonchev–Trinajstić information content (AvgIpc) is 2.73. The van der Waals surface area contributed by atoms with Gasteiger partial charge in [0.2, 0.25) is 0 Å². The zero-order chi connectivity index (χ0) is 11.4. The van der Waals surface area contributed by atoms with Gasteiger partial charge in [-0.3, -0.25) is 0 Å². The molecule has 1 heterocycles. The largest absolute Gasteiger partial charge is 0.495 e. The molecule has 0 saturated carbocycles. The maximum Gasteiger partial charge on any atom is 0.143 e. The third-order valence-corrected chi connectivity index (χ3v) is 2.82. The quantitative estimate of drug-likeness (QED) is 0.783. The van der Waals surface area contributed by atoms with Crippen LogP contribution >= 0.6 is 0 Å². The Morgan fingerprint density at radius 2 is 2.12 bits per heavy atom. The highest BCUT2D eigenvalue weighted by Crippen LogP contribution is 2.26. The Kier molecular flexibility index (Phi) is 3.47. The van der Waals surface area contributed by atoms with Crippen molar-refractivity contribution in [2.45, 2.75) is 19.4 Å². The number of aryl methyl sites for hydroxylation is 1. The molecular weight excluding hydrogens is 200 g/mol. The van der Waals surface area contributed by atoms with Gasteiger partial charge in [-0.25, -0.2) is 0 Å². The fourth-order valence-corrected chi connectivity index (χ4v) is 2.00. The summed E-state index contributed by atoms with van der Waals surface area (Å²) in [6.45, 7) is 1.76. The molecule has 1 aromatic carbocycles. The second kappa shape index (κ2) is 5.03. The summed E-state index contributed by atoms with van der Waals surface area (Å²) in [5.41, 5.74) is 6.69. The van der Waals surface area contributed by atoms with Gasteiger partial charge in [0.05, 0.1) is 12.6 Å². The molecule has 2 aromatic rings. The van der Waals surface area contributed by atoms with E-state index in [1.54, 1.807) is 7.11 Å². The predicted octanol–water partition coefficient (Wildman–Crippen LogP) is 2.39. The number of para-hydroxylation sites is 1. The van der Waals surface area contributed by atoms with Gasteiger partial charge in [0.15, 0.2) is 0 Å². The summed E-state index contributed by atoms with van der Waals surface area (Å²) in [5.74, 6) is 0.940. The summed E-state index contributed by atoms with van der Waals surface area (Å²) in [6, 6.07) is 8.25. The normalized spacial score (nSPS) is 10.9. The fourth-order valence-electron chi connectivity index (χ4n) is 2.00. The van der Waals surface area contributed by atoms with Crippen molar-refractivity contribution in [3.05, 3.63) is 30.5 Å². The average molecular weight is 218 g/mol. The van der Waals surface area contributed by atoms with Gasteiger partial charge in [-0.05, 0) is 31.5 Å². The Balaban J connectivity index is 2.30. The van der Waals surface area contributed by atoms with Crippen LogP contribution in [0, 0.1) is 0 Å². The van der Waals surface area contributed by atoms with Crippen LogP contribution in [0.2, 0.25) is 0 Å². The van der Waals surface area contributed by atoms with Gasteiger partial charge < -0.3 is 15.0 Å². The Hall–Kier alpha value is -1.48. The molecule has 2 rings (SSSR count). The van der Waals surface area contributed by atoms with Crippen LogP contribution in [0.1, 0.15) is 12.8 Å². The molecule has 3 heteroatoms. The number of nitrogens with zero attached hydrogens (tertiary/aromatic N) is 1. The van der Waals surface area contributed by atoms with E-state index in [1.807, 2.05) is 12.1 Å². The Morgan fingerprint density at radius 3 is 2.88 bits per heavy atom. The van der Waals surface area contributed by atoms with Crippen molar-refractivity contribution in [3.8, 4) is 5.75 Å². The number of nitrogens with two attached hydrogens (primary N) is 1. The van der Waals surface area contributed by atoms with Crippen molar-refractivity contribution >= 4 is 10.9 Å². The lowest BCUT2D eigenvalue weighted by molar-refractivity contribution is 0.417. The van der Waals surface area contributed by atoms with Crippen LogP contribution in [0.25, 0.3) is 10.9 Å². The first kappa shape index (κ1) is 11.0. The van der Waals surface area contributed by atoms with Crippen molar-refractivity contribution in [3.63, 3.8) is 0 Å². The zero-order valence-corrected chi connectivity index (χ0v) is 9.65. The third-order valence-electron chi connectivity index (χ3n) is 2.82. The number of hydrogen-bond acceptors (Lipinski definition) is 2. The van der Waals surface area contributed by atoms with Crippen molar-refractivity contribution in [1.82, 2.24) is 4.57 Å². The summed E-state index contributed by atoms with van der Waals surface area (Å²) < 4.78 is 7.63. The summed E-state index contributed by atoms with van der Waals surface area (Å²) in [4.78, 5) is 0. The molecule has 2 N–H and O–H groups in total. The molecular formula is C13H18N2O. The molecule has 0 saturated heterocycles. The van der Waals surface area contributed by atoms with Crippen molar-refractivity contribution in [1.29, 1.82) is 0 Å². The van der Waals surface area contributed by atoms with Gasteiger partial charge in [0, 0.05) is 18.1 Å². The van der Waals surface area contributed by atoms with Crippen LogP contribution in [0.15, 0.2) is 30.5 Å². The lowest BCUT2D eigenvalue weighted by atomic mass is 10.2. The van der Waals surface area contributed by atoms with E-state index < -0.39 is 0 Å². The van der Waals surface area contributed by atoms with E-state index in [2.05, 4.69) is 22.9 Å². The molecule has 16 heavy (non-hydrogen) atoms. The van der Waals surface area contributed by atoms with Crippen molar-refractivity contribution in [2.24, 2.45) is 5.73 Å². The summed E-state index contributed by atoms with van der Waals surface area (Å²) in [7, 11) is 1.71. The second-order valence-electron chi connectivity index (χ2n) is 3.90. The van der Waals surface area contributed by atoms with E-state index in [1.165, 1.54) is 10.9 Å². The van der Waals surface area contributed by atoms with Gasteiger partial charge in [-0.1, -0.05) is 12.1 Å². The van der Waals surface area contributed by atoms with Gasteiger partial charge >= 0.3 is 0 Å². The van der Waals surface area contributed by atoms with Crippen molar-refractivity contribution in [2.75, 3.05) is 13.7 Å². The summed E-state index contributed by atoms with van der Waals surface area (Å²) in [6.07, 6.45) is 4.29. The summed E-state index contributed by atoms with van der Waals surface area (Å²) >= 11 is 0. The van der Waals surface area contributed by atoms with Crippen LogP contribution in [-0.4, -0.2) is 18.2 Å². The SMILES string of the molecule is COc1cccc2ccn(CCCCN)c12. The van der Waals surface area contributed by atoms with Crippen LogP contribution in [0.3, 0.4) is 0 Å². The number of fused-ring (bicyclic) bond motifs is 1. The van der Waals surface area contributed by atoms with Crippen LogP contribution in [0.5, 0.6) is 5.75 Å². The number of methoxy groups -OCH3 is 1. The minimum atomic E-state index is 0.760. The van der Waals surface area contributed by atoms with Crippen LogP contribution in [0.4, 0.5) is 0 Å². The Bertz CT molecular complexity index is 462. The first-order valence-electron chi connectivity index (χ1n) is 5.68. The molecule has 3 nitrogen and oxygen atoms in total. The van der Waals surface area contributed by atoms with Gasteiger partial charge in [-0.15, -0.1) is 0 Å². The monoisotopic (exact) mass is 218 g/mol. The number of benzene rings is 1. The number of aromatic nitrogens is 1. The van der Waals surface area contributed by atoms with E-state index >= 15 is 0 Å². The lowest BCUT2D eigenvalue weighted by Crippen LogP contribution is -2.02. The summed E-state index contributed by atoms with van der Waals surface area (Å²) in [5, 5.41) is 1.23. The van der Waals surface area contributed by atoms with Crippen LogP contribution in [-0.2, 0) is 6.54 Å². The van der Waals surface area contributed by atoms with Crippen LogP contribution < -0.4 is 10.5 Å². The molecule has 0 spiro atoms. The maximum atomic E-state index is 5.50. The standard InChI is InChI=1S/C13H18N2O/c1-16-12-6-4-5-11-7-10-15(13(11)12)9-3-2-8-14/h4-7,10H,2-3,8-9,14H2,1H3. The van der Waals surface area contributed by atoms with E-state index in [0.29, 0.717) is 0 Å². The Morgan fingerprint density at radius 1 is 1.25 bits per heavy atom. The third kappa shape index (κ3) is 2.04. The smallest absolute Gasteiger partial charge is 0.143 e. The number of hydrogen-bond donors (Lipinski definition) is 1. The van der Waals surface area contributed by atoms with E-state index in [4.69, 9.17) is 10.5 Å². The second-order valence-corrected chi connectivity index (χ2v) is 3.90. The molecule has 0 aliphatic heterocycles. The molecule has 0 fully saturated rings. The minimum absolute atomic E-state index is 0.760. The molecule has 1 aromatic heterocycles. The highest BCUT2D eigenvalue weighted by atomic mass is 16.5. The molecule has 0 bridgehead atoms. The molecule has 0 radical (unpaired) electrons. The molecule has 0 atom stereocenters. The number of unbranched alkanes of at least 4 members (excludes halogenated alkanes) is 1. The molecule has 86 valence electrons. The van der Waals surface area contributed by atoms with Gasteiger partial charge in [0.1, 0.15) is 5.75 Å². The molecule has 0 aliphatic rings. The van der Waals surface area contributed by atoms with E-state index in [0.717, 1.165) is 31.7 Å². The van der Waals surface area contributed by atoms with E-state index in [-0.39, 0.29) is 0 Å². The van der Waals surface area contributed by atoms with Crippen molar-refractivity contribution < 1.29 is 4.74 Å². The molecule has 0 unspecified atom stereocenters. The fraction of sp³-hybridized carbons (Fsp3) is 0.385. The highest BCUT2D eigenvalue weighted by molar-refractivity contribution is 5.85.